The average molecular weight is 298 g/mol. The number of halogens is 3. The fourth-order valence-electron chi connectivity index (χ4n) is 1.32. The van der Waals surface area contributed by atoms with Crippen LogP contribution in [0.4, 0.5) is 12.9 Å². The predicted octanol–water partition coefficient (Wildman–Crippen LogP) is 0.0986. The quantitative estimate of drug-likeness (QED) is 0.548. The van der Waals surface area contributed by atoms with Crippen molar-refractivity contribution in [2.24, 2.45) is 0 Å². The van der Waals surface area contributed by atoms with E-state index in [2.05, 4.69) is 6.58 Å². The second-order valence-corrected chi connectivity index (χ2v) is 3.87. The molecule has 0 heterocycles. The van der Waals surface area contributed by atoms with Crippen molar-refractivity contribution in [3.05, 3.63) is 30.4 Å². The summed E-state index contributed by atoms with van der Waals surface area (Å²) in [5.41, 5.74) is -0.0373. The zero-order valence-electron chi connectivity index (χ0n) is 11.4. The summed E-state index contributed by atoms with van der Waals surface area (Å²) in [6.45, 7) is 0.507. The van der Waals surface area contributed by atoms with Gasteiger partial charge in [-0.3, -0.25) is 0 Å². The van der Waals surface area contributed by atoms with Gasteiger partial charge in [0.2, 0.25) is 0 Å². The fraction of sp³-hybridized carbons (Fsp3) is 0.333. The van der Waals surface area contributed by atoms with Crippen LogP contribution in [0.15, 0.2) is 30.4 Å². The molecule has 100 valence electrons. The van der Waals surface area contributed by atoms with E-state index in [1.807, 2.05) is 6.92 Å². The van der Waals surface area contributed by atoms with E-state index in [0.717, 1.165) is 11.6 Å². The molecule has 0 unspecified atom stereocenters. The van der Waals surface area contributed by atoms with Crippen LogP contribution in [0.25, 0.3) is 0 Å². The van der Waals surface area contributed by atoms with Gasteiger partial charge < -0.3 is 22.4 Å². The summed E-state index contributed by atoms with van der Waals surface area (Å²) in [5.74, 6) is -0.0243. The average Bonchev–Trinajstić information content (AvgIpc) is 2.34. The van der Waals surface area contributed by atoms with Gasteiger partial charge in [-0.1, -0.05) is 19.0 Å². The Kier molecular flexibility index (Phi) is 8.39. The number of hydrogen-bond acceptors (Lipinski definition) is 2. The molecular weight excluding hydrogens is 283 g/mol. The van der Waals surface area contributed by atoms with Crippen LogP contribution >= 0.6 is 0 Å². The molecule has 1 rings (SSSR count). The summed E-state index contributed by atoms with van der Waals surface area (Å²) in [6, 6.07) is 3.66. The van der Waals surface area contributed by atoms with Crippen LogP contribution in [0, 0.1) is 0 Å². The van der Waals surface area contributed by atoms with Crippen molar-refractivity contribution in [2.45, 2.75) is 13.3 Å². The first-order valence-corrected chi connectivity index (χ1v) is 5.55. The van der Waals surface area contributed by atoms with E-state index in [0.29, 0.717) is 6.42 Å². The molecule has 0 aliphatic rings. The van der Waals surface area contributed by atoms with Crippen LogP contribution in [-0.4, -0.2) is 20.7 Å². The molecule has 0 amide bonds. The molecule has 2 nitrogen and oxygen atoms in total. The number of ether oxygens (including phenoxy) is 2. The second-order valence-electron chi connectivity index (χ2n) is 3.87. The van der Waals surface area contributed by atoms with Crippen molar-refractivity contribution in [1.82, 2.24) is 0 Å². The van der Waals surface area contributed by atoms with Gasteiger partial charge in [-0.05, 0) is 30.2 Å². The molecule has 1 aromatic carbocycles. The number of hydrogen-bond donors (Lipinski definition) is 0. The summed E-state index contributed by atoms with van der Waals surface area (Å²) in [6.07, 6.45) is 0.669. The summed E-state index contributed by atoms with van der Waals surface area (Å²) < 4.78 is 48.6. The normalized spacial score (nSPS) is 10.6. The first-order chi connectivity index (χ1) is 8.38. The van der Waals surface area contributed by atoms with Crippen LogP contribution in [-0.2, 0) is 0 Å². The summed E-state index contributed by atoms with van der Waals surface area (Å²) in [7, 11) is 1.32. The maximum atomic E-state index is 12.9. The molecule has 0 saturated heterocycles. The van der Waals surface area contributed by atoms with Crippen LogP contribution in [0.3, 0.4) is 0 Å². The molecule has 0 bridgehead atoms. The Morgan fingerprint density at radius 2 is 1.95 bits per heavy atom. The minimum atomic E-state index is -5.14. The predicted molar refractivity (Wildman–Crippen MR) is 66.6 cm³/mol. The monoisotopic (exact) mass is 298 g/mol. The fourth-order valence-corrected chi connectivity index (χ4v) is 1.32. The van der Waals surface area contributed by atoms with Crippen LogP contribution in [0.1, 0.15) is 13.3 Å². The molecule has 0 aromatic heterocycles. The Labute approximate surface area is 153 Å². The molecule has 7 heteroatoms. The standard InChI is InChI=1S/C12H15BF3O2.K/c1-4-9(2)8-18-12-6-5-10(17-3)7-11(12)13(14,15)16;/h5-7H,2,4,8H2,1,3H3;/q-1;+1. The maximum absolute atomic E-state index is 12.9. The molecular formula is C12H15BF3KO2. The molecule has 1 aromatic rings. The zero-order chi connectivity index (χ0) is 13.8. The molecule has 0 fully saturated rings. The second kappa shape index (κ2) is 8.36. The van der Waals surface area contributed by atoms with Crippen molar-refractivity contribution >= 4 is 12.4 Å². The van der Waals surface area contributed by atoms with Gasteiger partial charge in [0.15, 0.2) is 0 Å². The number of rotatable bonds is 6. The van der Waals surface area contributed by atoms with Gasteiger partial charge in [0, 0.05) is 0 Å². The van der Waals surface area contributed by atoms with Crippen LogP contribution in [0.5, 0.6) is 11.5 Å². The largest absolute Gasteiger partial charge is 1.00 e. The Morgan fingerprint density at radius 3 is 2.42 bits per heavy atom. The SMILES string of the molecule is C=C(CC)COc1ccc(OC)cc1[B-](F)(F)F.[K+]. The molecule has 0 aliphatic carbocycles. The molecule has 0 atom stereocenters. The van der Waals surface area contributed by atoms with Crippen molar-refractivity contribution in [3.63, 3.8) is 0 Å². The Morgan fingerprint density at radius 1 is 1.32 bits per heavy atom. The van der Waals surface area contributed by atoms with E-state index in [-0.39, 0.29) is 69.5 Å². The Bertz CT molecular complexity index is 435. The molecule has 0 spiro atoms. The molecule has 0 aliphatic heterocycles. The van der Waals surface area contributed by atoms with Gasteiger partial charge >= 0.3 is 58.4 Å². The number of benzene rings is 1. The van der Waals surface area contributed by atoms with Crippen molar-refractivity contribution in [1.29, 1.82) is 0 Å². The smallest absolute Gasteiger partial charge is 0.497 e. The van der Waals surface area contributed by atoms with Crippen LogP contribution in [0.2, 0.25) is 0 Å². The molecule has 0 radical (unpaired) electrons. The van der Waals surface area contributed by atoms with Crippen molar-refractivity contribution in [2.75, 3.05) is 13.7 Å². The zero-order valence-corrected chi connectivity index (χ0v) is 14.5. The minimum absolute atomic E-state index is 0. The maximum Gasteiger partial charge on any atom is 1.00 e. The van der Waals surface area contributed by atoms with Crippen molar-refractivity contribution in [3.8, 4) is 11.5 Å². The number of methoxy groups -OCH3 is 1. The van der Waals surface area contributed by atoms with Gasteiger partial charge in [0.1, 0.15) is 12.4 Å². The van der Waals surface area contributed by atoms with Gasteiger partial charge in [0.05, 0.1) is 12.9 Å². The Hall–Kier alpha value is 0.0513. The minimum Gasteiger partial charge on any atom is -0.497 e. The first-order valence-electron chi connectivity index (χ1n) is 5.55. The first kappa shape index (κ1) is 19.1. The van der Waals surface area contributed by atoms with Crippen molar-refractivity contribution < 1.29 is 73.8 Å². The van der Waals surface area contributed by atoms with E-state index in [9.17, 15) is 12.9 Å². The van der Waals surface area contributed by atoms with E-state index >= 15 is 0 Å². The van der Waals surface area contributed by atoms with E-state index in [4.69, 9.17) is 9.47 Å². The Balaban J connectivity index is 0.00000324. The topological polar surface area (TPSA) is 18.5 Å². The third-order valence-corrected chi connectivity index (χ3v) is 2.50. The van der Waals surface area contributed by atoms with E-state index < -0.39 is 12.4 Å². The van der Waals surface area contributed by atoms with Gasteiger partial charge in [0.25, 0.3) is 0 Å². The van der Waals surface area contributed by atoms with E-state index in [1.54, 1.807) is 0 Å². The van der Waals surface area contributed by atoms with Gasteiger partial charge in [-0.25, -0.2) is 0 Å². The molecule has 19 heavy (non-hydrogen) atoms. The van der Waals surface area contributed by atoms with Gasteiger partial charge in [-0.2, -0.15) is 0 Å². The van der Waals surface area contributed by atoms with Crippen LogP contribution < -0.4 is 66.3 Å². The summed E-state index contributed by atoms with van der Waals surface area (Å²) >= 11 is 0. The van der Waals surface area contributed by atoms with E-state index in [1.165, 1.54) is 19.2 Å². The third-order valence-electron chi connectivity index (χ3n) is 2.50. The molecule has 0 N–H and O–H groups in total. The molecule has 0 saturated carbocycles. The summed E-state index contributed by atoms with van der Waals surface area (Å²) in [4.78, 5) is 0. The summed E-state index contributed by atoms with van der Waals surface area (Å²) in [5, 5.41) is 0. The van der Waals surface area contributed by atoms with Gasteiger partial charge in [-0.15, -0.1) is 0 Å². The third kappa shape index (κ3) is 5.91.